The Hall–Kier alpha value is -1.02. The lowest BCUT2D eigenvalue weighted by Crippen LogP contribution is -2.22. The summed E-state index contributed by atoms with van der Waals surface area (Å²) in [6.07, 6.45) is 6.27. The molecule has 0 amide bonds. The maximum atomic E-state index is 5.70. The van der Waals surface area contributed by atoms with Crippen molar-refractivity contribution in [3.63, 3.8) is 0 Å². The van der Waals surface area contributed by atoms with E-state index in [1.54, 1.807) is 0 Å². The van der Waals surface area contributed by atoms with Gasteiger partial charge in [-0.25, -0.2) is 0 Å². The van der Waals surface area contributed by atoms with E-state index in [1.165, 1.54) is 31.4 Å². The Balaban J connectivity index is 1.83. The van der Waals surface area contributed by atoms with Gasteiger partial charge in [0.1, 0.15) is 5.75 Å². The van der Waals surface area contributed by atoms with E-state index >= 15 is 0 Å². The van der Waals surface area contributed by atoms with Gasteiger partial charge in [0.15, 0.2) is 0 Å². The number of hydrogen-bond donors (Lipinski definition) is 1. The van der Waals surface area contributed by atoms with Crippen LogP contribution in [0.4, 0.5) is 0 Å². The molecule has 0 aliphatic heterocycles. The first-order valence-electron chi connectivity index (χ1n) is 7.79. The number of rotatable bonds is 9. The van der Waals surface area contributed by atoms with Crippen LogP contribution < -0.4 is 10.1 Å². The van der Waals surface area contributed by atoms with Crippen LogP contribution in [-0.4, -0.2) is 13.2 Å². The van der Waals surface area contributed by atoms with Gasteiger partial charge in [-0.2, -0.15) is 0 Å². The lowest BCUT2D eigenvalue weighted by Gasteiger charge is -2.17. The Labute approximate surface area is 117 Å². The molecule has 1 N–H and O–H groups in total. The highest BCUT2D eigenvalue weighted by molar-refractivity contribution is 5.29. The quantitative estimate of drug-likeness (QED) is 0.669. The molecule has 1 aromatic carbocycles. The third kappa shape index (κ3) is 4.87. The molecule has 106 valence electrons. The number of benzene rings is 1. The number of unbranched alkanes of at least 4 members (excludes halogenated alkanes) is 1. The first kappa shape index (κ1) is 14.4. The fourth-order valence-electron chi connectivity index (χ4n) is 2.26. The van der Waals surface area contributed by atoms with Gasteiger partial charge in [-0.3, -0.25) is 0 Å². The number of ether oxygens (including phenoxy) is 1. The van der Waals surface area contributed by atoms with E-state index in [0.717, 1.165) is 31.1 Å². The summed E-state index contributed by atoms with van der Waals surface area (Å²) in [5, 5.41) is 3.68. The zero-order valence-electron chi connectivity index (χ0n) is 12.3. The molecule has 1 saturated carbocycles. The third-order valence-corrected chi connectivity index (χ3v) is 3.81. The molecule has 1 aliphatic carbocycles. The van der Waals surface area contributed by atoms with Crippen LogP contribution in [0.1, 0.15) is 57.6 Å². The molecule has 1 atom stereocenters. The largest absolute Gasteiger partial charge is 0.494 e. The molecule has 0 spiro atoms. The molecular formula is C17H27NO. The molecule has 0 aromatic heterocycles. The summed E-state index contributed by atoms with van der Waals surface area (Å²) in [7, 11) is 0. The van der Waals surface area contributed by atoms with E-state index in [1.807, 2.05) is 0 Å². The van der Waals surface area contributed by atoms with Crippen molar-refractivity contribution in [2.24, 2.45) is 5.92 Å². The van der Waals surface area contributed by atoms with E-state index in [4.69, 9.17) is 4.74 Å². The van der Waals surface area contributed by atoms with Crippen molar-refractivity contribution in [1.82, 2.24) is 5.32 Å². The molecule has 0 heterocycles. The van der Waals surface area contributed by atoms with Gasteiger partial charge in [0.2, 0.25) is 0 Å². The Bertz CT molecular complexity index is 356. The Kier molecular flexibility index (Phi) is 5.71. The van der Waals surface area contributed by atoms with Crippen molar-refractivity contribution in [1.29, 1.82) is 0 Å². The predicted molar refractivity (Wildman–Crippen MR) is 80.6 cm³/mol. The average molecular weight is 261 g/mol. The standard InChI is InChI=1S/C17H27NO/c1-3-5-12-19-16-10-8-15(9-11-16)17(4-2)18-13-14-6-7-14/h8-11,14,17-18H,3-7,12-13H2,1-2H3. The van der Waals surface area contributed by atoms with Crippen LogP contribution in [0, 0.1) is 5.92 Å². The maximum Gasteiger partial charge on any atom is 0.119 e. The topological polar surface area (TPSA) is 21.3 Å². The molecule has 1 unspecified atom stereocenters. The molecule has 1 fully saturated rings. The molecule has 2 rings (SSSR count). The Morgan fingerprint density at radius 1 is 1.21 bits per heavy atom. The van der Waals surface area contributed by atoms with Crippen molar-refractivity contribution >= 4 is 0 Å². The molecule has 0 saturated heterocycles. The van der Waals surface area contributed by atoms with Crippen LogP contribution in [0.15, 0.2) is 24.3 Å². The van der Waals surface area contributed by atoms with Crippen molar-refractivity contribution in [2.45, 2.75) is 52.0 Å². The molecule has 1 aliphatic rings. The minimum absolute atomic E-state index is 0.491. The summed E-state index contributed by atoms with van der Waals surface area (Å²) < 4.78 is 5.70. The normalized spacial score (nSPS) is 16.3. The highest BCUT2D eigenvalue weighted by Gasteiger charge is 2.22. The fourth-order valence-corrected chi connectivity index (χ4v) is 2.26. The van der Waals surface area contributed by atoms with E-state index in [9.17, 15) is 0 Å². The SMILES string of the molecule is CCCCOc1ccc(C(CC)NCC2CC2)cc1. The highest BCUT2D eigenvalue weighted by atomic mass is 16.5. The minimum atomic E-state index is 0.491. The fraction of sp³-hybridized carbons (Fsp3) is 0.647. The van der Waals surface area contributed by atoms with Crippen molar-refractivity contribution in [2.75, 3.05) is 13.2 Å². The zero-order chi connectivity index (χ0) is 13.5. The number of nitrogens with one attached hydrogen (secondary N) is 1. The second kappa shape index (κ2) is 7.54. The summed E-state index contributed by atoms with van der Waals surface area (Å²) in [5.74, 6) is 1.93. The molecule has 1 aromatic rings. The van der Waals surface area contributed by atoms with Crippen LogP contribution in [0.2, 0.25) is 0 Å². The molecule has 0 bridgehead atoms. The van der Waals surface area contributed by atoms with Crippen LogP contribution in [0.25, 0.3) is 0 Å². The molecule has 2 nitrogen and oxygen atoms in total. The number of hydrogen-bond acceptors (Lipinski definition) is 2. The van der Waals surface area contributed by atoms with Crippen LogP contribution in [-0.2, 0) is 0 Å². The van der Waals surface area contributed by atoms with E-state index in [2.05, 4.69) is 43.4 Å². The van der Waals surface area contributed by atoms with Gasteiger partial charge in [0, 0.05) is 6.04 Å². The van der Waals surface area contributed by atoms with E-state index < -0.39 is 0 Å². The molecular weight excluding hydrogens is 234 g/mol. The second-order valence-electron chi connectivity index (χ2n) is 5.58. The van der Waals surface area contributed by atoms with Gasteiger partial charge in [-0.05, 0) is 55.8 Å². The van der Waals surface area contributed by atoms with E-state index in [0.29, 0.717) is 6.04 Å². The summed E-state index contributed by atoms with van der Waals surface area (Å²) in [6.45, 7) is 6.43. The maximum absolute atomic E-state index is 5.70. The van der Waals surface area contributed by atoms with Gasteiger partial charge >= 0.3 is 0 Å². The Morgan fingerprint density at radius 2 is 1.95 bits per heavy atom. The van der Waals surface area contributed by atoms with Crippen molar-refractivity contribution < 1.29 is 4.74 Å². The first-order valence-corrected chi connectivity index (χ1v) is 7.79. The van der Waals surface area contributed by atoms with Crippen LogP contribution >= 0.6 is 0 Å². The lowest BCUT2D eigenvalue weighted by molar-refractivity contribution is 0.309. The van der Waals surface area contributed by atoms with Crippen molar-refractivity contribution in [3.8, 4) is 5.75 Å². The lowest BCUT2D eigenvalue weighted by atomic mass is 10.0. The van der Waals surface area contributed by atoms with Crippen LogP contribution in [0.3, 0.4) is 0 Å². The van der Waals surface area contributed by atoms with Gasteiger partial charge in [0.05, 0.1) is 6.61 Å². The summed E-state index contributed by atoms with van der Waals surface area (Å²) >= 11 is 0. The highest BCUT2D eigenvalue weighted by Crippen LogP contribution is 2.29. The Morgan fingerprint density at radius 3 is 2.53 bits per heavy atom. The van der Waals surface area contributed by atoms with Crippen LogP contribution in [0.5, 0.6) is 5.75 Å². The smallest absolute Gasteiger partial charge is 0.119 e. The molecule has 0 radical (unpaired) electrons. The monoisotopic (exact) mass is 261 g/mol. The summed E-state index contributed by atoms with van der Waals surface area (Å²) in [5.41, 5.74) is 1.38. The third-order valence-electron chi connectivity index (χ3n) is 3.81. The van der Waals surface area contributed by atoms with Gasteiger partial charge < -0.3 is 10.1 Å². The van der Waals surface area contributed by atoms with E-state index in [-0.39, 0.29) is 0 Å². The minimum Gasteiger partial charge on any atom is -0.494 e. The van der Waals surface area contributed by atoms with Gasteiger partial charge in [-0.1, -0.05) is 32.4 Å². The van der Waals surface area contributed by atoms with Gasteiger partial charge in [-0.15, -0.1) is 0 Å². The molecule has 2 heteroatoms. The average Bonchev–Trinajstić information content (AvgIpc) is 3.25. The summed E-state index contributed by atoms with van der Waals surface area (Å²) in [6, 6.07) is 9.11. The van der Waals surface area contributed by atoms with Gasteiger partial charge in [0.25, 0.3) is 0 Å². The first-order chi connectivity index (χ1) is 9.33. The summed E-state index contributed by atoms with van der Waals surface area (Å²) in [4.78, 5) is 0. The molecule has 19 heavy (non-hydrogen) atoms. The second-order valence-corrected chi connectivity index (χ2v) is 5.58. The predicted octanol–water partition coefficient (Wildman–Crippen LogP) is 4.32. The zero-order valence-corrected chi connectivity index (χ0v) is 12.3. The van der Waals surface area contributed by atoms with Crippen molar-refractivity contribution in [3.05, 3.63) is 29.8 Å².